The Morgan fingerprint density at radius 1 is 1.17 bits per heavy atom. The Hall–Kier alpha value is -3.50. The summed E-state index contributed by atoms with van der Waals surface area (Å²) in [5.41, 5.74) is 3.22. The van der Waals surface area contributed by atoms with Gasteiger partial charge in [0.25, 0.3) is 5.89 Å². The maximum atomic E-state index is 13.1. The predicted octanol–water partition coefficient (Wildman–Crippen LogP) is 4.72. The molecular formula is C25H26N4O5S. The number of amides is 2. The number of methoxy groups -OCH3 is 1. The van der Waals surface area contributed by atoms with Gasteiger partial charge in [-0.25, -0.2) is 4.79 Å². The van der Waals surface area contributed by atoms with Crippen LogP contribution in [-0.4, -0.2) is 54.4 Å². The van der Waals surface area contributed by atoms with Crippen molar-refractivity contribution in [3.8, 4) is 22.9 Å². The molecule has 0 saturated carbocycles. The van der Waals surface area contributed by atoms with Gasteiger partial charge in [0.1, 0.15) is 0 Å². The number of fused-ring (bicyclic) bond motifs is 1. The topological polar surface area (TPSA) is 99.0 Å². The third kappa shape index (κ3) is 4.59. The van der Waals surface area contributed by atoms with Crippen molar-refractivity contribution in [1.29, 1.82) is 0 Å². The summed E-state index contributed by atoms with van der Waals surface area (Å²) in [5, 5.41) is 7.35. The van der Waals surface area contributed by atoms with E-state index in [0.717, 1.165) is 27.3 Å². The van der Waals surface area contributed by atoms with Gasteiger partial charge in [0.2, 0.25) is 12.6 Å². The van der Waals surface area contributed by atoms with E-state index in [0.29, 0.717) is 42.8 Å². The monoisotopic (exact) mass is 494 g/mol. The third-order valence-corrected chi connectivity index (χ3v) is 6.81. The maximum Gasteiger partial charge on any atom is 0.322 e. The summed E-state index contributed by atoms with van der Waals surface area (Å²) in [6, 6.07) is 13.0. The average Bonchev–Trinajstić information content (AvgIpc) is 3.55. The second-order valence-electron chi connectivity index (χ2n) is 8.14. The normalized spacial score (nSPS) is 17.2. The molecule has 5 rings (SSSR count). The van der Waals surface area contributed by atoms with Crippen LogP contribution in [0.4, 0.5) is 4.79 Å². The molecule has 1 unspecified atom stereocenters. The van der Waals surface area contributed by atoms with E-state index in [1.165, 1.54) is 0 Å². The van der Waals surface area contributed by atoms with Crippen molar-refractivity contribution in [2.24, 2.45) is 0 Å². The molecule has 2 aliphatic heterocycles. The fourth-order valence-electron chi connectivity index (χ4n) is 4.23. The van der Waals surface area contributed by atoms with Crippen LogP contribution < -0.4 is 14.8 Å². The number of allylic oxidation sites excluding steroid dienone is 1. The van der Waals surface area contributed by atoms with Gasteiger partial charge in [0, 0.05) is 36.4 Å². The van der Waals surface area contributed by atoms with Crippen molar-refractivity contribution < 1.29 is 23.5 Å². The first kappa shape index (κ1) is 23.3. The predicted molar refractivity (Wildman–Crippen MR) is 131 cm³/mol. The van der Waals surface area contributed by atoms with Gasteiger partial charge < -0.3 is 24.1 Å². The molecule has 1 N–H and O–H groups in total. The summed E-state index contributed by atoms with van der Waals surface area (Å²) < 4.78 is 21.8. The lowest BCUT2D eigenvalue weighted by Gasteiger charge is -2.35. The lowest BCUT2D eigenvalue weighted by Crippen LogP contribution is -2.46. The van der Waals surface area contributed by atoms with Crippen LogP contribution in [0.15, 0.2) is 57.6 Å². The molecule has 35 heavy (non-hydrogen) atoms. The average molecular weight is 495 g/mol. The summed E-state index contributed by atoms with van der Waals surface area (Å²) in [5.74, 6) is 2.11. The standard InChI is InChI=1S/C25H26N4O5S/c1-15-21(24-27-23(28-34-24)17-7-10-19-20(13-17)33-14-32-19)22(16-5-8-18(35-3)9-6-16)26-25(30)29(15)11-4-12-31-2/h5-10,13,22H,4,11-12,14H2,1-3H3,(H,26,30). The fourth-order valence-corrected chi connectivity index (χ4v) is 4.64. The van der Waals surface area contributed by atoms with Crippen molar-refractivity contribution >= 4 is 23.4 Å². The van der Waals surface area contributed by atoms with Crippen LogP contribution >= 0.6 is 11.8 Å². The fraction of sp³-hybridized carbons (Fsp3) is 0.320. The first-order valence-electron chi connectivity index (χ1n) is 11.2. The Morgan fingerprint density at radius 2 is 1.97 bits per heavy atom. The second-order valence-corrected chi connectivity index (χ2v) is 9.02. The Kier molecular flexibility index (Phi) is 6.65. The summed E-state index contributed by atoms with van der Waals surface area (Å²) in [6.07, 6.45) is 2.73. The molecule has 2 amide bonds. The first-order chi connectivity index (χ1) is 17.1. The van der Waals surface area contributed by atoms with E-state index < -0.39 is 6.04 Å². The van der Waals surface area contributed by atoms with Gasteiger partial charge in [-0.1, -0.05) is 17.3 Å². The van der Waals surface area contributed by atoms with Crippen molar-refractivity contribution in [1.82, 2.24) is 20.4 Å². The zero-order valence-electron chi connectivity index (χ0n) is 19.7. The number of ether oxygens (including phenoxy) is 3. The largest absolute Gasteiger partial charge is 0.454 e. The number of hydrogen-bond acceptors (Lipinski definition) is 8. The third-order valence-electron chi connectivity index (χ3n) is 6.06. The maximum absolute atomic E-state index is 13.1. The lowest BCUT2D eigenvalue weighted by atomic mass is 9.94. The number of hydrogen-bond donors (Lipinski definition) is 1. The van der Waals surface area contributed by atoms with Crippen LogP contribution in [-0.2, 0) is 4.74 Å². The highest BCUT2D eigenvalue weighted by Crippen LogP contribution is 2.39. The van der Waals surface area contributed by atoms with E-state index in [-0.39, 0.29) is 12.8 Å². The molecule has 0 radical (unpaired) electrons. The molecule has 3 heterocycles. The molecular weight excluding hydrogens is 468 g/mol. The number of thioether (sulfide) groups is 1. The zero-order chi connectivity index (χ0) is 24.4. The van der Waals surface area contributed by atoms with Gasteiger partial charge in [0.15, 0.2) is 11.5 Å². The second kappa shape index (κ2) is 10.0. The van der Waals surface area contributed by atoms with Gasteiger partial charge in [-0.15, -0.1) is 11.8 Å². The number of carbonyl (C=O) groups excluding carboxylic acids is 1. The van der Waals surface area contributed by atoms with E-state index >= 15 is 0 Å². The van der Waals surface area contributed by atoms with Gasteiger partial charge in [-0.05, 0) is 55.5 Å². The number of benzene rings is 2. The number of nitrogens with zero attached hydrogens (tertiary/aromatic N) is 3. The molecule has 2 aromatic carbocycles. The van der Waals surface area contributed by atoms with Crippen LogP contribution in [0.3, 0.4) is 0 Å². The quantitative estimate of drug-likeness (QED) is 0.355. The summed E-state index contributed by atoms with van der Waals surface area (Å²) in [6.45, 7) is 3.17. The number of rotatable bonds is 8. The minimum Gasteiger partial charge on any atom is -0.454 e. The Morgan fingerprint density at radius 3 is 2.74 bits per heavy atom. The lowest BCUT2D eigenvalue weighted by molar-refractivity contribution is 0.173. The molecule has 9 nitrogen and oxygen atoms in total. The van der Waals surface area contributed by atoms with Gasteiger partial charge >= 0.3 is 6.03 Å². The summed E-state index contributed by atoms with van der Waals surface area (Å²) >= 11 is 1.66. The molecule has 2 aliphatic rings. The van der Waals surface area contributed by atoms with Crippen LogP contribution in [0.25, 0.3) is 17.0 Å². The van der Waals surface area contributed by atoms with Crippen molar-refractivity contribution in [3.63, 3.8) is 0 Å². The molecule has 0 spiro atoms. The van der Waals surface area contributed by atoms with Gasteiger partial charge in [-0.2, -0.15) is 4.98 Å². The van der Waals surface area contributed by atoms with E-state index in [9.17, 15) is 4.79 Å². The molecule has 0 saturated heterocycles. The number of urea groups is 1. The minimum atomic E-state index is -0.429. The molecule has 3 aromatic rings. The van der Waals surface area contributed by atoms with Gasteiger partial charge in [0.05, 0.1) is 11.6 Å². The van der Waals surface area contributed by atoms with E-state index in [1.54, 1.807) is 23.8 Å². The first-order valence-corrected chi connectivity index (χ1v) is 12.5. The molecule has 0 fully saturated rings. The number of aromatic nitrogens is 2. The minimum absolute atomic E-state index is 0.170. The smallest absolute Gasteiger partial charge is 0.322 e. The molecule has 182 valence electrons. The van der Waals surface area contributed by atoms with Crippen LogP contribution in [0.5, 0.6) is 11.5 Å². The number of nitrogens with one attached hydrogen (secondary N) is 1. The van der Waals surface area contributed by atoms with Crippen LogP contribution in [0, 0.1) is 0 Å². The molecule has 1 atom stereocenters. The van der Waals surface area contributed by atoms with E-state index in [4.69, 9.17) is 23.7 Å². The molecule has 0 aliphatic carbocycles. The van der Waals surface area contributed by atoms with Crippen LogP contribution in [0.2, 0.25) is 0 Å². The van der Waals surface area contributed by atoms with Crippen LogP contribution in [0.1, 0.15) is 30.8 Å². The van der Waals surface area contributed by atoms with Crippen molar-refractivity contribution in [3.05, 3.63) is 59.6 Å². The summed E-state index contributed by atoms with van der Waals surface area (Å²) in [7, 11) is 1.65. The van der Waals surface area contributed by atoms with Gasteiger partial charge in [-0.3, -0.25) is 4.90 Å². The Balaban J connectivity index is 1.54. The molecule has 0 bridgehead atoms. The SMILES string of the molecule is COCCCN1C(=O)NC(c2ccc(SC)cc2)C(c2nc(-c3ccc4c(c3)OCO4)no2)=C1C. The highest BCUT2D eigenvalue weighted by atomic mass is 32.2. The molecule has 1 aromatic heterocycles. The Labute approximate surface area is 207 Å². The number of carbonyl (C=O) groups is 1. The summed E-state index contributed by atoms with van der Waals surface area (Å²) in [4.78, 5) is 20.6. The Bertz CT molecular complexity index is 1260. The van der Waals surface area contributed by atoms with E-state index in [1.807, 2.05) is 55.6 Å². The van der Waals surface area contributed by atoms with Crippen molar-refractivity contribution in [2.45, 2.75) is 24.3 Å². The van der Waals surface area contributed by atoms with E-state index in [2.05, 4.69) is 10.5 Å². The zero-order valence-corrected chi connectivity index (χ0v) is 20.6. The highest BCUT2D eigenvalue weighted by Gasteiger charge is 2.35. The van der Waals surface area contributed by atoms with Crippen molar-refractivity contribution in [2.75, 3.05) is 33.3 Å². The highest BCUT2D eigenvalue weighted by molar-refractivity contribution is 7.98. The molecule has 10 heteroatoms.